The van der Waals surface area contributed by atoms with Crippen LogP contribution in [0, 0.1) is 0 Å². The van der Waals surface area contributed by atoms with E-state index in [-0.39, 0.29) is 6.17 Å². The van der Waals surface area contributed by atoms with Gasteiger partial charge in [-0.25, -0.2) is 0 Å². The summed E-state index contributed by atoms with van der Waals surface area (Å²) in [6.45, 7) is 2.17. The van der Waals surface area contributed by atoms with Crippen LogP contribution in [0.3, 0.4) is 0 Å². The van der Waals surface area contributed by atoms with Crippen molar-refractivity contribution in [3.8, 4) is 0 Å². The van der Waals surface area contributed by atoms with Gasteiger partial charge in [-0.3, -0.25) is 4.99 Å². The predicted molar refractivity (Wildman–Crippen MR) is 87.6 cm³/mol. The Kier molecular flexibility index (Phi) is 4.37. The smallest absolute Gasteiger partial charge is 0.134 e. The minimum atomic E-state index is 0.170. The summed E-state index contributed by atoms with van der Waals surface area (Å²) in [5.41, 5.74) is 0. The fraction of sp³-hybridized carbons (Fsp3) is 0.562. The summed E-state index contributed by atoms with van der Waals surface area (Å²) in [7, 11) is 0. The third-order valence-corrected chi connectivity index (χ3v) is 5.09. The van der Waals surface area contributed by atoms with Gasteiger partial charge in [-0.15, -0.1) is 0 Å². The highest BCUT2D eigenvalue weighted by molar-refractivity contribution is 9.09. The molecule has 0 N–H and O–H groups in total. The molecule has 0 aromatic heterocycles. The number of benzene rings is 1. The lowest BCUT2D eigenvalue weighted by atomic mass is 9.93. The number of nitrogens with zero attached hydrogens (tertiary/aromatic N) is 2. The lowest BCUT2D eigenvalue weighted by Gasteiger charge is -2.40. The number of hydrogen-bond donors (Lipinski definition) is 0. The van der Waals surface area contributed by atoms with E-state index < -0.39 is 0 Å². The largest absolute Gasteiger partial charge is 0.351 e. The van der Waals surface area contributed by atoms with Crippen molar-refractivity contribution in [1.29, 1.82) is 0 Å². The Labute approximate surface area is 133 Å². The summed E-state index contributed by atoms with van der Waals surface area (Å²) in [5, 5.41) is 2.89. The molecular weight excluding hydrogens is 336 g/mol. The fourth-order valence-electron chi connectivity index (χ4n) is 3.24. The molecule has 0 saturated heterocycles. The zero-order chi connectivity index (χ0) is 14.1. The van der Waals surface area contributed by atoms with Gasteiger partial charge >= 0.3 is 0 Å². The Morgan fingerprint density at radius 1 is 1.30 bits per heavy atom. The molecule has 0 amide bonds. The standard InChI is InChI=1S/C16H20BrClN2/c1-11(17)16-19-15-9-5-8-14(18)13(15)10-20(16)12-6-3-2-4-7-12/h5,8-12,16H,2-4,6-7H2,1H3. The van der Waals surface area contributed by atoms with Gasteiger partial charge in [-0.2, -0.15) is 0 Å². The maximum atomic E-state index is 6.34. The highest BCUT2D eigenvalue weighted by atomic mass is 79.9. The van der Waals surface area contributed by atoms with E-state index in [0.717, 1.165) is 15.6 Å². The van der Waals surface area contributed by atoms with Crippen LogP contribution in [0.15, 0.2) is 23.2 Å². The number of alkyl halides is 1. The predicted octanol–water partition coefficient (Wildman–Crippen LogP) is 3.46. The van der Waals surface area contributed by atoms with Crippen LogP contribution in [-0.4, -0.2) is 21.9 Å². The quantitative estimate of drug-likeness (QED) is 0.742. The molecule has 1 aromatic carbocycles. The lowest BCUT2D eigenvalue weighted by molar-refractivity contribution is 0.182. The molecule has 1 heterocycles. The summed E-state index contributed by atoms with van der Waals surface area (Å²) < 4.78 is 0. The Bertz CT molecular complexity index is 593. The maximum absolute atomic E-state index is 6.34. The maximum Gasteiger partial charge on any atom is 0.134 e. The third-order valence-electron chi connectivity index (χ3n) is 4.29. The van der Waals surface area contributed by atoms with Crippen LogP contribution in [0.1, 0.15) is 39.0 Å². The van der Waals surface area contributed by atoms with E-state index >= 15 is 0 Å². The number of hydrogen-bond acceptors (Lipinski definition) is 2. The molecule has 2 atom stereocenters. The topological polar surface area (TPSA) is 15.6 Å². The van der Waals surface area contributed by atoms with Crippen LogP contribution >= 0.6 is 27.5 Å². The number of fused-ring (bicyclic) bond motifs is 1. The average Bonchev–Trinajstić information content (AvgIpc) is 2.47. The molecule has 4 heteroatoms. The molecule has 1 fully saturated rings. The second-order valence-corrected chi connectivity index (χ2v) is 7.61. The Balaban J connectivity index is 2.05. The summed E-state index contributed by atoms with van der Waals surface area (Å²) in [6.07, 6.45) is 8.96. The van der Waals surface area contributed by atoms with Gasteiger partial charge < -0.3 is 4.90 Å². The molecule has 0 radical (unpaired) electrons. The van der Waals surface area contributed by atoms with Crippen molar-refractivity contribution >= 4 is 33.7 Å². The summed E-state index contributed by atoms with van der Waals surface area (Å²) in [6, 6.07) is 6.58. The Morgan fingerprint density at radius 2 is 2.05 bits per heavy atom. The highest BCUT2D eigenvalue weighted by Crippen LogP contribution is 2.28. The van der Waals surface area contributed by atoms with Crippen molar-refractivity contribution in [2.24, 2.45) is 4.99 Å². The molecule has 2 nitrogen and oxygen atoms in total. The van der Waals surface area contributed by atoms with Gasteiger partial charge in [0.2, 0.25) is 0 Å². The van der Waals surface area contributed by atoms with Gasteiger partial charge in [0.1, 0.15) is 6.17 Å². The van der Waals surface area contributed by atoms with Crippen molar-refractivity contribution in [3.63, 3.8) is 0 Å². The first-order chi connectivity index (χ1) is 9.66. The summed E-state index contributed by atoms with van der Waals surface area (Å²) >= 11 is 10.1. The zero-order valence-electron chi connectivity index (χ0n) is 11.7. The molecule has 108 valence electrons. The van der Waals surface area contributed by atoms with E-state index in [1.807, 2.05) is 12.1 Å². The molecule has 1 aliphatic carbocycles. The Morgan fingerprint density at radius 3 is 2.75 bits per heavy atom. The van der Waals surface area contributed by atoms with Crippen LogP contribution in [0.2, 0.25) is 5.02 Å². The van der Waals surface area contributed by atoms with Crippen molar-refractivity contribution < 1.29 is 0 Å². The second kappa shape index (κ2) is 6.07. The van der Waals surface area contributed by atoms with Gasteiger partial charge in [-0.05, 0) is 31.9 Å². The molecular formula is C16H20BrClN2. The first-order valence-corrected chi connectivity index (χ1v) is 8.72. The summed E-state index contributed by atoms with van der Waals surface area (Å²) in [5.74, 6) is 0. The van der Waals surface area contributed by atoms with Crippen LogP contribution in [-0.2, 0) is 0 Å². The molecule has 20 heavy (non-hydrogen) atoms. The van der Waals surface area contributed by atoms with Crippen LogP contribution in [0.4, 0.5) is 0 Å². The molecule has 1 aliphatic heterocycles. The first kappa shape index (κ1) is 14.4. The van der Waals surface area contributed by atoms with Crippen LogP contribution in [0.25, 0.3) is 6.20 Å². The third kappa shape index (κ3) is 2.75. The van der Waals surface area contributed by atoms with Crippen LogP contribution in [0.5, 0.6) is 0 Å². The van der Waals surface area contributed by atoms with Crippen LogP contribution < -0.4 is 10.6 Å². The van der Waals surface area contributed by atoms with E-state index in [9.17, 15) is 0 Å². The average molecular weight is 356 g/mol. The van der Waals surface area contributed by atoms with E-state index in [1.165, 1.54) is 32.1 Å². The van der Waals surface area contributed by atoms with E-state index in [2.05, 4.69) is 40.0 Å². The van der Waals surface area contributed by atoms with E-state index in [0.29, 0.717) is 10.9 Å². The van der Waals surface area contributed by atoms with Gasteiger partial charge in [0.25, 0.3) is 0 Å². The van der Waals surface area contributed by atoms with Gasteiger partial charge in [0.05, 0.1) is 15.2 Å². The minimum absolute atomic E-state index is 0.170. The zero-order valence-corrected chi connectivity index (χ0v) is 14.1. The van der Waals surface area contributed by atoms with Crippen molar-refractivity contribution in [1.82, 2.24) is 4.90 Å². The molecule has 2 aliphatic rings. The molecule has 3 rings (SSSR count). The van der Waals surface area contributed by atoms with E-state index in [1.54, 1.807) is 0 Å². The first-order valence-electron chi connectivity index (χ1n) is 7.42. The SMILES string of the molecule is CC(Br)C1N=c2cccc(Cl)c2=CN1C1CCCCC1. The monoisotopic (exact) mass is 354 g/mol. The summed E-state index contributed by atoms with van der Waals surface area (Å²) in [4.78, 5) is 7.69. The number of halogens is 2. The second-order valence-electron chi connectivity index (χ2n) is 5.76. The normalized spacial score (nSPS) is 24.6. The van der Waals surface area contributed by atoms with Gasteiger partial charge in [-0.1, -0.05) is 52.9 Å². The van der Waals surface area contributed by atoms with Gasteiger partial charge in [0.15, 0.2) is 0 Å². The van der Waals surface area contributed by atoms with Crippen molar-refractivity contribution in [2.45, 2.75) is 56.1 Å². The highest BCUT2D eigenvalue weighted by Gasteiger charge is 2.29. The molecule has 2 unspecified atom stereocenters. The van der Waals surface area contributed by atoms with Gasteiger partial charge in [0, 0.05) is 17.5 Å². The van der Waals surface area contributed by atoms with E-state index in [4.69, 9.17) is 16.6 Å². The van der Waals surface area contributed by atoms with Crippen molar-refractivity contribution in [2.75, 3.05) is 0 Å². The number of rotatable bonds is 2. The Hall–Kier alpha value is -0.540. The molecule has 1 saturated carbocycles. The fourth-order valence-corrected chi connectivity index (χ4v) is 3.85. The molecule has 0 bridgehead atoms. The van der Waals surface area contributed by atoms with Crippen molar-refractivity contribution in [3.05, 3.63) is 33.8 Å². The molecule has 1 aromatic rings. The lowest BCUT2D eigenvalue weighted by Crippen LogP contribution is -2.50. The molecule has 0 spiro atoms. The minimum Gasteiger partial charge on any atom is -0.351 e.